The summed E-state index contributed by atoms with van der Waals surface area (Å²) in [5.41, 5.74) is 6.98. The van der Waals surface area contributed by atoms with Crippen LogP contribution in [0.5, 0.6) is 0 Å². The number of hydrogen-bond acceptors (Lipinski definition) is 4. The molecule has 1 aliphatic rings. The Morgan fingerprint density at radius 1 is 1.21 bits per heavy atom. The van der Waals surface area contributed by atoms with Crippen LogP contribution < -0.4 is 5.73 Å². The minimum Gasteiger partial charge on any atom is -0.369 e. The molecule has 0 fully saturated rings. The van der Waals surface area contributed by atoms with E-state index in [0.29, 0.717) is 5.56 Å². The number of halogens is 1. The number of nitrogens with two attached hydrogens (primary N) is 1. The van der Waals surface area contributed by atoms with Gasteiger partial charge in [0.2, 0.25) is 0 Å². The van der Waals surface area contributed by atoms with Crippen molar-refractivity contribution in [3.05, 3.63) is 54.1 Å². The van der Waals surface area contributed by atoms with Crippen LogP contribution in [0.3, 0.4) is 0 Å². The lowest BCUT2D eigenvalue weighted by Crippen LogP contribution is -2.43. The van der Waals surface area contributed by atoms with E-state index in [1.54, 1.807) is 13.2 Å². The number of hydrogen-bond donors (Lipinski definition) is 1. The van der Waals surface area contributed by atoms with Gasteiger partial charge < -0.3 is 5.73 Å². The molecule has 0 aliphatic carbocycles. The van der Waals surface area contributed by atoms with Crippen molar-refractivity contribution in [1.29, 1.82) is 0 Å². The fourth-order valence-corrected chi connectivity index (χ4v) is 3.07. The summed E-state index contributed by atoms with van der Waals surface area (Å²) < 4.78 is 13.5. The van der Waals surface area contributed by atoms with Gasteiger partial charge in [-0.3, -0.25) is 14.7 Å². The molecule has 0 bridgehead atoms. The summed E-state index contributed by atoms with van der Waals surface area (Å²) in [6, 6.07) is 8.80. The smallest absolute Gasteiger partial charge is 0.261 e. The zero-order chi connectivity index (χ0) is 17.5. The van der Waals surface area contributed by atoms with E-state index in [1.165, 1.54) is 11.0 Å². The van der Waals surface area contributed by atoms with Gasteiger partial charge in [-0.2, -0.15) is 0 Å². The molecule has 0 saturated carbocycles. The molecular formula is C18H19FN4O. The zero-order valence-corrected chi connectivity index (χ0v) is 13.8. The van der Waals surface area contributed by atoms with Crippen molar-refractivity contribution < 1.29 is 9.18 Å². The minimum absolute atomic E-state index is 0.0885. The number of guanidine groups is 1. The highest BCUT2D eigenvalue weighted by Gasteiger charge is 2.50. The molecule has 5 nitrogen and oxygen atoms in total. The molecule has 2 N–H and O–H groups in total. The third-order valence-electron chi connectivity index (χ3n) is 4.44. The summed E-state index contributed by atoms with van der Waals surface area (Å²) in [7, 11) is 1.62. The minimum atomic E-state index is -1.06. The molecule has 1 unspecified atom stereocenters. The van der Waals surface area contributed by atoms with E-state index in [-0.39, 0.29) is 17.8 Å². The Labute approximate surface area is 140 Å². The molecule has 3 rings (SSSR count). The SMILES string of the molecule is CC(C)C1(c2cccc(-c3cncc(F)c3)c2)N=C(N)N(C)C1=O. The van der Waals surface area contributed by atoms with Crippen LogP contribution in [0.1, 0.15) is 19.4 Å². The number of likely N-dealkylation sites (N-methyl/N-ethyl adjacent to an activating group) is 1. The van der Waals surface area contributed by atoms with Crippen molar-refractivity contribution in [2.45, 2.75) is 19.4 Å². The lowest BCUT2D eigenvalue weighted by atomic mass is 9.79. The molecule has 1 aromatic heterocycles. The van der Waals surface area contributed by atoms with E-state index in [0.717, 1.165) is 17.3 Å². The van der Waals surface area contributed by atoms with Crippen molar-refractivity contribution in [2.24, 2.45) is 16.6 Å². The van der Waals surface area contributed by atoms with Gasteiger partial charge in [0, 0.05) is 18.8 Å². The Balaban J connectivity index is 2.15. The van der Waals surface area contributed by atoms with Gasteiger partial charge in [-0.25, -0.2) is 9.38 Å². The number of carbonyl (C=O) groups excluding carboxylic acids is 1. The van der Waals surface area contributed by atoms with E-state index >= 15 is 0 Å². The highest BCUT2D eigenvalue weighted by molar-refractivity contribution is 6.07. The molecule has 124 valence electrons. The Morgan fingerprint density at radius 2 is 1.96 bits per heavy atom. The van der Waals surface area contributed by atoms with Crippen LogP contribution in [0.15, 0.2) is 47.7 Å². The predicted octanol–water partition coefficient (Wildman–Crippen LogP) is 2.53. The number of aliphatic imine (C=N–C) groups is 1. The number of rotatable bonds is 3. The first kappa shape index (κ1) is 16.1. The highest BCUT2D eigenvalue weighted by Crippen LogP contribution is 2.40. The lowest BCUT2D eigenvalue weighted by Gasteiger charge is -2.29. The largest absolute Gasteiger partial charge is 0.369 e. The normalized spacial score (nSPS) is 20.6. The van der Waals surface area contributed by atoms with Gasteiger partial charge in [0.1, 0.15) is 5.82 Å². The average molecular weight is 326 g/mol. The second kappa shape index (κ2) is 5.70. The van der Waals surface area contributed by atoms with Gasteiger partial charge in [0.05, 0.1) is 6.20 Å². The molecule has 2 aromatic rings. The number of nitrogens with zero attached hydrogens (tertiary/aromatic N) is 3. The van der Waals surface area contributed by atoms with Crippen molar-refractivity contribution in [3.63, 3.8) is 0 Å². The van der Waals surface area contributed by atoms with Gasteiger partial charge in [-0.15, -0.1) is 0 Å². The van der Waals surface area contributed by atoms with Crippen molar-refractivity contribution in [1.82, 2.24) is 9.88 Å². The molecule has 6 heteroatoms. The van der Waals surface area contributed by atoms with Crippen LogP contribution >= 0.6 is 0 Å². The van der Waals surface area contributed by atoms with Gasteiger partial charge in [-0.05, 0) is 29.2 Å². The first-order chi connectivity index (χ1) is 11.4. The maximum Gasteiger partial charge on any atom is 0.261 e. The molecule has 1 aromatic carbocycles. The van der Waals surface area contributed by atoms with E-state index in [9.17, 15) is 9.18 Å². The summed E-state index contributed by atoms with van der Waals surface area (Å²) in [4.78, 5) is 22.6. The summed E-state index contributed by atoms with van der Waals surface area (Å²) in [5.74, 6) is -0.458. The predicted molar refractivity (Wildman–Crippen MR) is 90.5 cm³/mol. The van der Waals surface area contributed by atoms with Gasteiger partial charge in [0.15, 0.2) is 11.5 Å². The van der Waals surface area contributed by atoms with Gasteiger partial charge in [0.25, 0.3) is 5.91 Å². The molecule has 1 atom stereocenters. The summed E-state index contributed by atoms with van der Waals surface area (Å²) in [5, 5.41) is 0. The molecule has 2 heterocycles. The summed E-state index contributed by atoms with van der Waals surface area (Å²) in [6.45, 7) is 3.87. The second-order valence-corrected chi connectivity index (χ2v) is 6.23. The maximum absolute atomic E-state index is 13.5. The monoisotopic (exact) mass is 326 g/mol. The second-order valence-electron chi connectivity index (χ2n) is 6.23. The molecule has 0 spiro atoms. The fourth-order valence-electron chi connectivity index (χ4n) is 3.07. The molecule has 1 aliphatic heterocycles. The standard InChI is InChI=1S/C18H19FN4O/c1-11(2)18(16(24)23(3)17(20)22-18)14-6-4-5-12(7-14)13-8-15(19)10-21-9-13/h4-11H,1-3H3,(H2,20,22). The summed E-state index contributed by atoms with van der Waals surface area (Å²) >= 11 is 0. The zero-order valence-electron chi connectivity index (χ0n) is 13.8. The first-order valence-corrected chi connectivity index (χ1v) is 7.71. The van der Waals surface area contributed by atoms with Gasteiger partial charge in [-0.1, -0.05) is 32.0 Å². The molecule has 0 saturated heterocycles. The number of aromatic nitrogens is 1. The third kappa shape index (κ3) is 2.35. The Hall–Kier alpha value is -2.76. The highest BCUT2D eigenvalue weighted by atomic mass is 19.1. The average Bonchev–Trinajstić information content (AvgIpc) is 2.80. The van der Waals surface area contributed by atoms with Crippen LogP contribution in [-0.2, 0) is 10.3 Å². The van der Waals surface area contributed by atoms with E-state index in [2.05, 4.69) is 9.98 Å². The number of benzene rings is 1. The van der Waals surface area contributed by atoms with Crippen molar-refractivity contribution in [3.8, 4) is 11.1 Å². The number of pyridine rings is 1. The lowest BCUT2D eigenvalue weighted by molar-refractivity contribution is -0.132. The van der Waals surface area contributed by atoms with Crippen molar-refractivity contribution in [2.75, 3.05) is 7.05 Å². The molecule has 24 heavy (non-hydrogen) atoms. The summed E-state index contributed by atoms with van der Waals surface area (Å²) in [6.07, 6.45) is 2.74. The third-order valence-corrected chi connectivity index (χ3v) is 4.44. The Kier molecular flexibility index (Phi) is 3.83. The number of carbonyl (C=O) groups is 1. The fraction of sp³-hybridized carbons (Fsp3) is 0.278. The van der Waals surface area contributed by atoms with Crippen molar-refractivity contribution >= 4 is 11.9 Å². The van der Waals surface area contributed by atoms with Crippen LogP contribution in [-0.4, -0.2) is 28.8 Å². The Bertz CT molecular complexity index is 833. The topological polar surface area (TPSA) is 71.6 Å². The van der Waals surface area contributed by atoms with E-state index in [1.807, 2.05) is 38.1 Å². The number of amides is 1. The van der Waals surface area contributed by atoms with Crippen LogP contribution in [0, 0.1) is 11.7 Å². The van der Waals surface area contributed by atoms with E-state index < -0.39 is 11.4 Å². The van der Waals surface area contributed by atoms with E-state index in [4.69, 9.17) is 5.73 Å². The molecular weight excluding hydrogens is 307 g/mol. The first-order valence-electron chi connectivity index (χ1n) is 7.71. The van der Waals surface area contributed by atoms with Crippen LogP contribution in [0.4, 0.5) is 4.39 Å². The van der Waals surface area contributed by atoms with Gasteiger partial charge >= 0.3 is 0 Å². The molecule has 0 radical (unpaired) electrons. The maximum atomic E-state index is 13.5. The Morgan fingerprint density at radius 3 is 2.54 bits per heavy atom. The quantitative estimate of drug-likeness (QED) is 0.942. The van der Waals surface area contributed by atoms with Crippen LogP contribution in [0.25, 0.3) is 11.1 Å². The molecule has 1 amide bonds. The van der Waals surface area contributed by atoms with Crippen LogP contribution in [0.2, 0.25) is 0 Å².